The van der Waals surface area contributed by atoms with Crippen molar-refractivity contribution in [2.45, 2.75) is 34.1 Å². The van der Waals surface area contributed by atoms with Crippen LogP contribution in [0.1, 0.15) is 51.9 Å². The molecule has 3 aromatic rings. The van der Waals surface area contributed by atoms with E-state index in [0.29, 0.717) is 30.0 Å². The average molecular weight is 423 g/mol. The van der Waals surface area contributed by atoms with E-state index < -0.39 is 0 Å². The van der Waals surface area contributed by atoms with Gasteiger partial charge in [0, 0.05) is 18.3 Å². The number of carbonyl (C=O) groups is 2. The Morgan fingerprint density at radius 3 is 2.60 bits per heavy atom. The van der Waals surface area contributed by atoms with Crippen molar-refractivity contribution in [3.8, 4) is 10.6 Å². The second kappa shape index (κ2) is 9.67. The Morgan fingerprint density at radius 2 is 1.90 bits per heavy atom. The number of hydrogen-bond donors (Lipinski definition) is 0. The number of ether oxygens (including phenoxy) is 1. The number of pyridine rings is 1. The van der Waals surface area contributed by atoms with E-state index in [1.165, 1.54) is 11.3 Å². The summed E-state index contributed by atoms with van der Waals surface area (Å²) in [6.07, 6.45) is 2.37. The summed E-state index contributed by atoms with van der Waals surface area (Å²) < 4.78 is 5.14. The summed E-state index contributed by atoms with van der Waals surface area (Å²) in [5.74, 6) is -0.360. The predicted octanol–water partition coefficient (Wildman–Crippen LogP) is 5.52. The van der Waals surface area contributed by atoms with Crippen molar-refractivity contribution in [2.24, 2.45) is 0 Å². The number of hydrogen-bond acceptors (Lipinski definition) is 5. The van der Waals surface area contributed by atoms with Crippen LogP contribution in [0.2, 0.25) is 0 Å². The molecule has 0 spiro atoms. The lowest BCUT2D eigenvalue weighted by molar-refractivity contribution is 0.0532. The molecule has 1 amide bonds. The first kappa shape index (κ1) is 21.7. The van der Waals surface area contributed by atoms with Crippen LogP contribution in [-0.2, 0) is 11.2 Å². The minimum absolute atomic E-state index is 0.0463. The summed E-state index contributed by atoms with van der Waals surface area (Å²) in [7, 11) is 0. The maximum absolute atomic E-state index is 13.2. The first-order chi connectivity index (χ1) is 14.6. The van der Waals surface area contributed by atoms with Gasteiger partial charge in [-0.2, -0.15) is 0 Å². The summed E-state index contributed by atoms with van der Waals surface area (Å²) in [5, 5.41) is 0. The van der Waals surface area contributed by atoms with Crippen LogP contribution < -0.4 is 4.90 Å². The molecule has 1 aliphatic heterocycles. The van der Waals surface area contributed by atoms with Crippen LogP contribution in [0, 0.1) is 6.92 Å². The zero-order valence-corrected chi connectivity index (χ0v) is 18.6. The third-order valence-corrected chi connectivity index (χ3v) is 5.89. The van der Waals surface area contributed by atoms with Crippen LogP contribution in [0.5, 0.6) is 0 Å². The summed E-state index contributed by atoms with van der Waals surface area (Å²) in [6.45, 7) is 8.66. The van der Waals surface area contributed by atoms with Gasteiger partial charge in [0.25, 0.3) is 5.91 Å². The molecule has 3 heterocycles. The van der Waals surface area contributed by atoms with Crippen LogP contribution in [0.15, 0.2) is 48.7 Å². The maximum atomic E-state index is 13.2. The van der Waals surface area contributed by atoms with Crippen LogP contribution >= 0.6 is 11.3 Å². The van der Waals surface area contributed by atoms with Gasteiger partial charge in [-0.3, -0.25) is 9.78 Å². The highest BCUT2D eigenvalue weighted by atomic mass is 32.1. The van der Waals surface area contributed by atoms with Crippen LogP contribution in [0.25, 0.3) is 10.6 Å². The molecule has 1 aliphatic rings. The maximum Gasteiger partial charge on any atom is 0.348 e. The molecule has 0 fully saturated rings. The zero-order chi connectivity index (χ0) is 21.7. The van der Waals surface area contributed by atoms with E-state index in [2.05, 4.69) is 4.98 Å². The Kier molecular flexibility index (Phi) is 7.00. The second-order valence-electron chi connectivity index (χ2n) is 6.63. The minimum atomic E-state index is -0.314. The number of rotatable bonds is 3. The lowest BCUT2D eigenvalue weighted by atomic mass is 10.1. The van der Waals surface area contributed by atoms with Gasteiger partial charge >= 0.3 is 5.97 Å². The van der Waals surface area contributed by atoms with E-state index in [4.69, 9.17) is 4.74 Å². The summed E-state index contributed by atoms with van der Waals surface area (Å²) in [6, 6.07) is 13.2. The molecule has 0 atom stereocenters. The highest BCUT2D eigenvalue weighted by Gasteiger charge is 2.28. The first-order valence-electron chi connectivity index (χ1n) is 10.2. The molecule has 0 unspecified atom stereocenters. The number of aryl methyl sites for hydroxylation is 1. The van der Waals surface area contributed by atoms with Crippen molar-refractivity contribution >= 4 is 28.9 Å². The third-order valence-electron chi connectivity index (χ3n) is 4.73. The van der Waals surface area contributed by atoms with E-state index in [9.17, 15) is 9.59 Å². The van der Waals surface area contributed by atoms with Crippen molar-refractivity contribution in [3.05, 3.63) is 70.2 Å². The topological polar surface area (TPSA) is 59.5 Å². The molecule has 30 heavy (non-hydrogen) atoms. The number of fused-ring (bicyclic) bond motifs is 3. The van der Waals surface area contributed by atoms with E-state index >= 15 is 0 Å². The fraction of sp³-hybridized carbons (Fsp3) is 0.292. The molecule has 0 aliphatic carbocycles. The van der Waals surface area contributed by atoms with Crippen molar-refractivity contribution in [1.82, 2.24) is 4.98 Å². The molecule has 0 bridgehead atoms. The van der Waals surface area contributed by atoms with Crippen molar-refractivity contribution < 1.29 is 14.3 Å². The molecule has 1 aromatic carbocycles. The van der Waals surface area contributed by atoms with Gasteiger partial charge in [-0.1, -0.05) is 31.5 Å². The number of esters is 1. The van der Waals surface area contributed by atoms with Crippen LogP contribution in [0.3, 0.4) is 0 Å². The van der Waals surface area contributed by atoms with Gasteiger partial charge in [-0.15, -0.1) is 11.3 Å². The average Bonchev–Trinajstić information content (AvgIpc) is 3.14. The predicted molar refractivity (Wildman–Crippen MR) is 121 cm³/mol. The van der Waals surface area contributed by atoms with Gasteiger partial charge in [-0.25, -0.2) is 4.79 Å². The Bertz CT molecular complexity index is 1040. The Balaban J connectivity index is 0.00000124. The Hall–Kier alpha value is -2.99. The molecule has 5 nitrogen and oxygen atoms in total. The van der Waals surface area contributed by atoms with E-state index in [1.807, 2.05) is 63.2 Å². The fourth-order valence-corrected chi connectivity index (χ4v) is 4.43. The number of anilines is 1. The molecule has 0 saturated carbocycles. The molecule has 6 heteroatoms. The molecule has 0 N–H and O–H groups in total. The zero-order valence-electron chi connectivity index (χ0n) is 17.8. The second-order valence-corrected chi connectivity index (χ2v) is 7.68. The number of nitrogens with zero attached hydrogens (tertiary/aromatic N) is 2. The number of benzene rings is 1. The normalized spacial score (nSPS) is 12.1. The number of thiophene rings is 1. The molecule has 0 radical (unpaired) electrons. The van der Waals surface area contributed by atoms with Gasteiger partial charge in [0.05, 0.1) is 17.2 Å². The summed E-state index contributed by atoms with van der Waals surface area (Å²) >= 11 is 1.38. The third kappa shape index (κ3) is 4.28. The van der Waals surface area contributed by atoms with E-state index in [-0.39, 0.29) is 11.9 Å². The van der Waals surface area contributed by atoms with E-state index in [0.717, 1.165) is 27.4 Å². The Labute approximate surface area is 181 Å². The lowest BCUT2D eigenvalue weighted by Crippen LogP contribution is -2.32. The molecule has 4 rings (SSSR count). The van der Waals surface area contributed by atoms with Gasteiger partial charge < -0.3 is 9.64 Å². The van der Waals surface area contributed by atoms with Gasteiger partial charge in [0.15, 0.2) is 0 Å². The smallest absolute Gasteiger partial charge is 0.348 e. The van der Waals surface area contributed by atoms with E-state index in [1.54, 1.807) is 18.0 Å². The highest BCUT2D eigenvalue weighted by molar-refractivity contribution is 7.17. The highest BCUT2D eigenvalue weighted by Crippen LogP contribution is 2.40. The standard InChI is InChI=1S/C22H20N2O3S.C2H6/c1-3-27-22(26)18-13-16-10-12-24(21(25)15-8-6-14(2)7-9-15)17-5-4-11-23-19(17)20(16)28-18;1-2/h4-9,11,13H,3,10,12H2,1-2H3;1-2H3. The van der Waals surface area contributed by atoms with Crippen LogP contribution in [0.4, 0.5) is 5.69 Å². The Morgan fingerprint density at radius 1 is 1.17 bits per heavy atom. The summed E-state index contributed by atoms with van der Waals surface area (Å²) in [5.41, 5.74) is 4.29. The van der Waals surface area contributed by atoms with Crippen LogP contribution in [-0.4, -0.2) is 30.0 Å². The SMILES string of the molecule is CC.CCOC(=O)c1cc2c(s1)-c1ncccc1N(C(=O)c1ccc(C)cc1)CC2. The molecule has 0 saturated heterocycles. The number of carbonyl (C=O) groups excluding carboxylic acids is 2. The monoisotopic (exact) mass is 422 g/mol. The minimum Gasteiger partial charge on any atom is -0.462 e. The van der Waals surface area contributed by atoms with Crippen molar-refractivity contribution in [2.75, 3.05) is 18.1 Å². The first-order valence-corrected chi connectivity index (χ1v) is 11.0. The molecular weight excluding hydrogens is 396 g/mol. The largest absolute Gasteiger partial charge is 0.462 e. The molecule has 156 valence electrons. The van der Waals surface area contributed by atoms with Gasteiger partial charge in [-0.05, 0) is 56.2 Å². The van der Waals surface area contributed by atoms with Gasteiger partial charge in [0.1, 0.15) is 10.6 Å². The lowest BCUT2D eigenvalue weighted by Gasteiger charge is -2.22. The van der Waals surface area contributed by atoms with Gasteiger partial charge in [0.2, 0.25) is 0 Å². The number of amides is 1. The molecule has 2 aromatic heterocycles. The van der Waals surface area contributed by atoms with Crippen molar-refractivity contribution in [1.29, 1.82) is 0 Å². The summed E-state index contributed by atoms with van der Waals surface area (Å²) in [4.78, 5) is 33.2. The number of aromatic nitrogens is 1. The fourth-order valence-electron chi connectivity index (χ4n) is 3.32. The molecular formula is C24H26N2O3S. The quantitative estimate of drug-likeness (QED) is 0.521. The van der Waals surface area contributed by atoms with Crippen molar-refractivity contribution in [3.63, 3.8) is 0 Å².